The summed E-state index contributed by atoms with van der Waals surface area (Å²) in [7, 11) is 0. The third-order valence-electron chi connectivity index (χ3n) is 2.33. The van der Waals surface area contributed by atoms with Gasteiger partial charge in [0.2, 0.25) is 0 Å². The van der Waals surface area contributed by atoms with Crippen molar-refractivity contribution in [2.24, 2.45) is 0 Å². The first-order chi connectivity index (χ1) is 8.34. The van der Waals surface area contributed by atoms with Crippen molar-refractivity contribution in [3.05, 3.63) is 54.2 Å². The Kier molecular flexibility index (Phi) is 3.97. The Bertz CT molecular complexity index is 457. The Morgan fingerprint density at radius 2 is 2.12 bits per heavy atom. The average molecular weight is 228 g/mol. The van der Waals surface area contributed by atoms with Gasteiger partial charge in [0, 0.05) is 6.20 Å². The summed E-state index contributed by atoms with van der Waals surface area (Å²) in [6, 6.07) is 13.8. The van der Waals surface area contributed by atoms with E-state index in [9.17, 15) is 0 Å². The van der Waals surface area contributed by atoms with Gasteiger partial charge in [0.15, 0.2) is 0 Å². The van der Waals surface area contributed by atoms with Crippen LogP contribution in [0.5, 0.6) is 5.75 Å². The zero-order valence-corrected chi connectivity index (χ0v) is 9.89. The molecule has 0 aliphatic heterocycles. The normalized spacial score (nSPS) is 9.94. The molecule has 88 valence electrons. The maximum Gasteiger partial charge on any atom is 0.125 e. The van der Waals surface area contributed by atoms with Crippen LogP contribution < -0.4 is 10.1 Å². The first-order valence-corrected chi connectivity index (χ1v) is 5.69. The van der Waals surface area contributed by atoms with Crippen LogP contribution in [0.1, 0.15) is 5.56 Å². The highest BCUT2D eigenvalue weighted by Gasteiger charge is 1.94. The molecular weight excluding hydrogens is 212 g/mol. The van der Waals surface area contributed by atoms with Gasteiger partial charge in [0.05, 0.1) is 6.54 Å². The van der Waals surface area contributed by atoms with Gasteiger partial charge in [-0.25, -0.2) is 4.98 Å². The van der Waals surface area contributed by atoms with Crippen LogP contribution in [-0.2, 0) is 0 Å². The molecule has 2 rings (SSSR count). The topological polar surface area (TPSA) is 34.1 Å². The van der Waals surface area contributed by atoms with E-state index in [2.05, 4.69) is 23.3 Å². The van der Waals surface area contributed by atoms with Gasteiger partial charge in [-0.1, -0.05) is 18.2 Å². The molecule has 1 N–H and O–H groups in total. The van der Waals surface area contributed by atoms with Gasteiger partial charge in [0.1, 0.15) is 18.2 Å². The van der Waals surface area contributed by atoms with E-state index in [1.54, 1.807) is 6.20 Å². The molecular formula is C14H16N2O. The van der Waals surface area contributed by atoms with E-state index in [-0.39, 0.29) is 0 Å². The highest BCUT2D eigenvalue weighted by Crippen LogP contribution is 2.11. The zero-order valence-electron chi connectivity index (χ0n) is 9.89. The molecule has 1 aromatic heterocycles. The molecule has 1 heterocycles. The minimum Gasteiger partial charge on any atom is -0.492 e. The molecule has 0 fully saturated rings. The van der Waals surface area contributed by atoms with Crippen LogP contribution >= 0.6 is 0 Å². The van der Waals surface area contributed by atoms with Crippen molar-refractivity contribution in [2.75, 3.05) is 18.5 Å². The first kappa shape index (κ1) is 11.5. The monoisotopic (exact) mass is 228 g/mol. The van der Waals surface area contributed by atoms with Crippen molar-refractivity contribution in [1.29, 1.82) is 0 Å². The number of ether oxygens (including phenoxy) is 1. The molecule has 17 heavy (non-hydrogen) atoms. The van der Waals surface area contributed by atoms with E-state index in [1.807, 2.05) is 36.4 Å². The molecule has 1 aromatic carbocycles. The molecule has 0 spiro atoms. The summed E-state index contributed by atoms with van der Waals surface area (Å²) in [5, 5.41) is 3.19. The summed E-state index contributed by atoms with van der Waals surface area (Å²) < 4.78 is 5.62. The number of nitrogens with one attached hydrogen (secondary N) is 1. The van der Waals surface area contributed by atoms with Crippen LogP contribution in [0.4, 0.5) is 5.82 Å². The first-order valence-electron chi connectivity index (χ1n) is 5.69. The van der Waals surface area contributed by atoms with Gasteiger partial charge in [-0.15, -0.1) is 0 Å². The maximum atomic E-state index is 5.62. The molecule has 0 aliphatic rings. The second-order valence-corrected chi connectivity index (χ2v) is 3.81. The Balaban J connectivity index is 1.73. The number of nitrogens with zero attached hydrogens (tertiary/aromatic N) is 1. The van der Waals surface area contributed by atoms with E-state index >= 15 is 0 Å². The van der Waals surface area contributed by atoms with Crippen molar-refractivity contribution in [3.63, 3.8) is 0 Å². The van der Waals surface area contributed by atoms with Gasteiger partial charge in [0.25, 0.3) is 0 Å². The van der Waals surface area contributed by atoms with Gasteiger partial charge in [-0.3, -0.25) is 0 Å². The number of aryl methyl sites for hydroxylation is 1. The smallest absolute Gasteiger partial charge is 0.125 e. The van der Waals surface area contributed by atoms with E-state index < -0.39 is 0 Å². The van der Waals surface area contributed by atoms with Gasteiger partial charge >= 0.3 is 0 Å². The molecule has 0 saturated carbocycles. The van der Waals surface area contributed by atoms with Crippen LogP contribution in [0, 0.1) is 6.92 Å². The molecule has 0 atom stereocenters. The number of pyridine rings is 1. The summed E-state index contributed by atoms with van der Waals surface area (Å²) in [4.78, 5) is 4.17. The maximum absolute atomic E-state index is 5.62. The molecule has 3 heteroatoms. The van der Waals surface area contributed by atoms with E-state index in [0.29, 0.717) is 6.61 Å². The summed E-state index contributed by atoms with van der Waals surface area (Å²) in [6.07, 6.45) is 1.77. The largest absolute Gasteiger partial charge is 0.492 e. The quantitative estimate of drug-likeness (QED) is 0.799. The molecule has 0 radical (unpaired) electrons. The van der Waals surface area contributed by atoms with Crippen molar-refractivity contribution in [2.45, 2.75) is 6.92 Å². The molecule has 0 unspecified atom stereocenters. The van der Waals surface area contributed by atoms with Crippen molar-refractivity contribution in [1.82, 2.24) is 4.98 Å². The highest BCUT2D eigenvalue weighted by atomic mass is 16.5. The molecule has 0 saturated heterocycles. The second kappa shape index (κ2) is 5.89. The average Bonchev–Trinajstić information content (AvgIpc) is 2.36. The minimum atomic E-state index is 0.625. The fourth-order valence-corrected chi connectivity index (χ4v) is 1.52. The molecule has 0 amide bonds. The summed E-state index contributed by atoms with van der Waals surface area (Å²) in [5.41, 5.74) is 1.21. The third kappa shape index (κ3) is 3.79. The predicted molar refractivity (Wildman–Crippen MR) is 69.4 cm³/mol. The molecule has 2 aromatic rings. The Morgan fingerprint density at radius 1 is 1.18 bits per heavy atom. The number of anilines is 1. The number of hydrogen-bond acceptors (Lipinski definition) is 3. The third-order valence-corrected chi connectivity index (χ3v) is 2.33. The number of aromatic nitrogens is 1. The van der Waals surface area contributed by atoms with E-state index in [0.717, 1.165) is 18.1 Å². The fraction of sp³-hybridized carbons (Fsp3) is 0.214. The lowest BCUT2D eigenvalue weighted by Crippen LogP contribution is -2.12. The fourth-order valence-electron chi connectivity index (χ4n) is 1.52. The second-order valence-electron chi connectivity index (χ2n) is 3.81. The zero-order chi connectivity index (χ0) is 11.9. The van der Waals surface area contributed by atoms with Crippen LogP contribution in [0.15, 0.2) is 48.7 Å². The lowest BCUT2D eigenvalue weighted by molar-refractivity contribution is 0.332. The summed E-state index contributed by atoms with van der Waals surface area (Å²) >= 11 is 0. The number of benzene rings is 1. The summed E-state index contributed by atoms with van der Waals surface area (Å²) in [5.74, 6) is 1.79. The SMILES string of the molecule is Cc1cccc(OCCNc2ccccn2)c1. The molecule has 0 bridgehead atoms. The number of hydrogen-bond donors (Lipinski definition) is 1. The van der Waals surface area contributed by atoms with Crippen molar-refractivity contribution < 1.29 is 4.74 Å². The van der Waals surface area contributed by atoms with E-state index in [4.69, 9.17) is 4.74 Å². The lowest BCUT2D eigenvalue weighted by atomic mass is 10.2. The Morgan fingerprint density at radius 3 is 2.88 bits per heavy atom. The highest BCUT2D eigenvalue weighted by molar-refractivity contribution is 5.33. The molecule has 3 nitrogen and oxygen atoms in total. The lowest BCUT2D eigenvalue weighted by Gasteiger charge is -2.08. The van der Waals surface area contributed by atoms with Gasteiger partial charge in [-0.05, 0) is 36.8 Å². The predicted octanol–water partition coefficient (Wildman–Crippen LogP) is 2.88. The Hall–Kier alpha value is -2.03. The van der Waals surface area contributed by atoms with Crippen LogP contribution in [0.25, 0.3) is 0 Å². The standard InChI is InChI=1S/C14H16N2O/c1-12-5-4-6-13(11-12)17-10-9-16-14-7-2-3-8-15-14/h2-8,11H,9-10H2,1H3,(H,15,16). The van der Waals surface area contributed by atoms with Crippen molar-refractivity contribution >= 4 is 5.82 Å². The molecule has 0 aliphatic carbocycles. The Labute approximate surface area is 101 Å². The van der Waals surface area contributed by atoms with Gasteiger partial charge in [-0.2, -0.15) is 0 Å². The summed E-state index contributed by atoms with van der Waals surface area (Å²) in [6.45, 7) is 3.42. The van der Waals surface area contributed by atoms with Crippen molar-refractivity contribution in [3.8, 4) is 5.75 Å². The minimum absolute atomic E-state index is 0.625. The van der Waals surface area contributed by atoms with Crippen LogP contribution in [-0.4, -0.2) is 18.1 Å². The number of rotatable bonds is 5. The van der Waals surface area contributed by atoms with Crippen LogP contribution in [0.3, 0.4) is 0 Å². The van der Waals surface area contributed by atoms with E-state index in [1.165, 1.54) is 5.56 Å². The van der Waals surface area contributed by atoms with Gasteiger partial charge < -0.3 is 10.1 Å². The van der Waals surface area contributed by atoms with Crippen LogP contribution in [0.2, 0.25) is 0 Å².